The fourth-order valence-electron chi connectivity index (χ4n) is 3.21. The van der Waals surface area contributed by atoms with E-state index in [0.717, 1.165) is 17.6 Å². The summed E-state index contributed by atoms with van der Waals surface area (Å²) in [7, 11) is 3.12. The molecule has 2 aliphatic rings. The number of carbonyl (C=O) groups excluding carboxylic acids is 1. The number of methoxy groups -OCH3 is 2. The Labute approximate surface area is 140 Å². The molecule has 124 valence electrons. The SMILES string of the molecule is COc1cc(OC)cc([C@@H]2C(C#N)=C(N)OC3=C2CCCC3=O)c1. The summed E-state index contributed by atoms with van der Waals surface area (Å²) in [6.45, 7) is 0. The van der Waals surface area contributed by atoms with Crippen molar-refractivity contribution in [2.24, 2.45) is 5.73 Å². The molecule has 1 aliphatic carbocycles. The Balaban J connectivity index is 2.20. The van der Waals surface area contributed by atoms with Crippen LogP contribution in [0, 0.1) is 11.3 Å². The number of ether oxygens (including phenoxy) is 3. The van der Waals surface area contributed by atoms with Crippen molar-refractivity contribution in [1.82, 2.24) is 0 Å². The molecule has 1 aromatic carbocycles. The first-order chi connectivity index (χ1) is 11.6. The third-order valence-corrected chi connectivity index (χ3v) is 4.34. The lowest BCUT2D eigenvalue weighted by atomic mass is 9.78. The van der Waals surface area contributed by atoms with Gasteiger partial charge in [0.15, 0.2) is 11.5 Å². The average molecular weight is 326 g/mol. The maximum atomic E-state index is 12.2. The minimum absolute atomic E-state index is 0.0155. The second-order valence-electron chi connectivity index (χ2n) is 5.70. The van der Waals surface area contributed by atoms with Crippen molar-refractivity contribution in [3.05, 3.63) is 46.6 Å². The summed E-state index contributed by atoms with van der Waals surface area (Å²) in [5, 5.41) is 9.56. The number of nitrogens with zero attached hydrogens (tertiary/aromatic N) is 1. The van der Waals surface area contributed by atoms with Gasteiger partial charge in [-0.15, -0.1) is 0 Å². The van der Waals surface area contributed by atoms with Crippen LogP contribution in [0.15, 0.2) is 41.0 Å². The van der Waals surface area contributed by atoms with E-state index in [1.54, 1.807) is 20.3 Å². The Morgan fingerprint density at radius 3 is 2.46 bits per heavy atom. The first-order valence-electron chi connectivity index (χ1n) is 7.65. The minimum Gasteiger partial charge on any atom is -0.497 e. The zero-order valence-corrected chi connectivity index (χ0v) is 13.6. The maximum absolute atomic E-state index is 12.2. The predicted molar refractivity (Wildman–Crippen MR) is 86.1 cm³/mol. The standard InChI is InChI=1S/C18H18N2O4/c1-22-11-6-10(7-12(8-11)23-2)16-13-4-3-5-15(21)17(13)24-18(20)14(16)9-19/h6-8,16H,3-5,20H2,1-2H3/t16-/m0/s1. The van der Waals surface area contributed by atoms with Crippen LogP contribution >= 0.6 is 0 Å². The van der Waals surface area contributed by atoms with Crippen molar-refractivity contribution in [3.63, 3.8) is 0 Å². The first kappa shape index (κ1) is 15.9. The van der Waals surface area contributed by atoms with Gasteiger partial charge in [0.05, 0.1) is 14.2 Å². The molecule has 1 aromatic rings. The molecule has 0 spiro atoms. The van der Waals surface area contributed by atoms with Gasteiger partial charge in [0.1, 0.15) is 23.1 Å². The summed E-state index contributed by atoms with van der Waals surface area (Å²) >= 11 is 0. The highest BCUT2D eigenvalue weighted by Crippen LogP contribution is 2.45. The lowest BCUT2D eigenvalue weighted by molar-refractivity contribution is -0.119. The van der Waals surface area contributed by atoms with E-state index in [1.165, 1.54) is 0 Å². The lowest BCUT2D eigenvalue weighted by Crippen LogP contribution is -2.26. The number of hydrogen-bond donors (Lipinski definition) is 1. The quantitative estimate of drug-likeness (QED) is 0.917. The van der Waals surface area contributed by atoms with Gasteiger partial charge in [0, 0.05) is 18.4 Å². The number of nitrogens with two attached hydrogens (primary N) is 1. The number of Topliss-reactive ketones (excluding diaryl/α,β-unsaturated/α-hetero) is 1. The smallest absolute Gasteiger partial charge is 0.205 e. The van der Waals surface area contributed by atoms with Crippen molar-refractivity contribution < 1.29 is 19.0 Å². The Morgan fingerprint density at radius 2 is 1.88 bits per heavy atom. The van der Waals surface area contributed by atoms with Crippen molar-refractivity contribution in [2.75, 3.05) is 14.2 Å². The summed E-state index contributed by atoms with van der Waals surface area (Å²) in [6.07, 6.45) is 1.85. The number of carbonyl (C=O) groups is 1. The summed E-state index contributed by atoms with van der Waals surface area (Å²) in [5.74, 6) is 0.984. The van der Waals surface area contributed by atoms with E-state index in [2.05, 4.69) is 6.07 Å². The van der Waals surface area contributed by atoms with Crippen molar-refractivity contribution in [3.8, 4) is 17.6 Å². The van der Waals surface area contributed by atoms with Gasteiger partial charge in [-0.25, -0.2) is 0 Å². The van der Waals surface area contributed by atoms with Crippen LogP contribution in [0.25, 0.3) is 0 Å². The van der Waals surface area contributed by atoms with Crippen LogP contribution in [0.1, 0.15) is 30.7 Å². The van der Waals surface area contributed by atoms with Gasteiger partial charge in [0.2, 0.25) is 5.88 Å². The Bertz CT molecular complexity index is 779. The van der Waals surface area contributed by atoms with E-state index >= 15 is 0 Å². The predicted octanol–water partition coefficient (Wildman–Crippen LogP) is 2.52. The highest BCUT2D eigenvalue weighted by molar-refractivity contribution is 5.96. The molecule has 1 atom stereocenters. The molecule has 0 aromatic heterocycles. The number of nitriles is 1. The largest absolute Gasteiger partial charge is 0.497 e. The van der Waals surface area contributed by atoms with E-state index in [0.29, 0.717) is 29.9 Å². The molecular weight excluding hydrogens is 308 g/mol. The number of rotatable bonds is 3. The maximum Gasteiger partial charge on any atom is 0.205 e. The molecule has 0 saturated carbocycles. The minimum atomic E-state index is -0.424. The van der Waals surface area contributed by atoms with Crippen LogP contribution in [-0.4, -0.2) is 20.0 Å². The number of allylic oxidation sites excluding steroid dienone is 3. The molecule has 24 heavy (non-hydrogen) atoms. The van der Waals surface area contributed by atoms with Crippen LogP contribution in [-0.2, 0) is 9.53 Å². The fraction of sp³-hybridized carbons (Fsp3) is 0.333. The Hall–Kier alpha value is -2.94. The van der Waals surface area contributed by atoms with E-state index in [1.807, 2.05) is 12.1 Å². The normalized spacial score (nSPS) is 20.2. The van der Waals surface area contributed by atoms with Gasteiger partial charge in [-0.3, -0.25) is 4.79 Å². The average Bonchev–Trinajstić information content (AvgIpc) is 2.60. The molecule has 0 saturated heterocycles. The van der Waals surface area contributed by atoms with Crippen molar-refractivity contribution >= 4 is 5.78 Å². The molecule has 0 unspecified atom stereocenters. The van der Waals surface area contributed by atoms with Crippen molar-refractivity contribution in [1.29, 1.82) is 5.26 Å². The molecule has 2 N–H and O–H groups in total. The lowest BCUT2D eigenvalue weighted by Gasteiger charge is -2.31. The highest BCUT2D eigenvalue weighted by Gasteiger charge is 2.37. The van der Waals surface area contributed by atoms with E-state index in [4.69, 9.17) is 19.9 Å². The van der Waals surface area contributed by atoms with Gasteiger partial charge in [-0.2, -0.15) is 5.26 Å². The van der Waals surface area contributed by atoms with Gasteiger partial charge < -0.3 is 19.9 Å². The highest BCUT2D eigenvalue weighted by atomic mass is 16.5. The topological polar surface area (TPSA) is 94.6 Å². The molecule has 0 amide bonds. The number of hydrogen-bond acceptors (Lipinski definition) is 6. The zero-order chi connectivity index (χ0) is 17.3. The van der Waals surface area contributed by atoms with Crippen LogP contribution < -0.4 is 15.2 Å². The fourth-order valence-corrected chi connectivity index (χ4v) is 3.21. The summed E-state index contributed by atoms with van der Waals surface area (Å²) in [5.41, 5.74) is 7.80. The van der Waals surface area contributed by atoms with Crippen LogP contribution in [0.5, 0.6) is 11.5 Å². The van der Waals surface area contributed by atoms with Crippen LogP contribution in [0.2, 0.25) is 0 Å². The van der Waals surface area contributed by atoms with Gasteiger partial charge in [-0.1, -0.05) is 0 Å². The molecule has 6 nitrogen and oxygen atoms in total. The van der Waals surface area contributed by atoms with Crippen LogP contribution in [0.4, 0.5) is 0 Å². The first-order valence-corrected chi connectivity index (χ1v) is 7.65. The molecule has 1 heterocycles. The molecule has 0 fully saturated rings. The molecule has 0 radical (unpaired) electrons. The Kier molecular flexibility index (Phi) is 4.17. The molecule has 3 rings (SSSR count). The van der Waals surface area contributed by atoms with Crippen molar-refractivity contribution in [2.45, 2.75) is 25.2 Å². The Morgan fingerprint density at radius 1 is 1.21 bits per heavy atom. The number of ketones is 1. The molecule has 1 aliphatic heterocycles. The molecule has 0 bridgehead atoms. The summed E-state index contributed by atoms with van der Waals surface area (Å²) in [4.78, 5) is 12.2. The van der Waals surface area contributed by atoms with Gasteiger partial charge in [0.25, 0.3) is 0 Å². The third kappa shape index (κ3) is 2.58. The van der Waals surface area contributed by atoms with E-state index < -0.39 is 5.92 Å². The second-order valence-corrected chi connectivity index (χ2v) is 5.70. The van der Waals surface area contributed by atoms with Crippen LogP contribution in [0.3, 0.4) is 0 Å². The van der Waals surface area contributed by atoms with Gasteiger partial charge >= 0.3 is 0 Å². The third-order valence-electron chi connectivity index (χ3n) is 4.34. The zero-order valence-electron chi connectivity index (χ0n) is 13.6. The number of benzene rings is 1. The molecular formula is C18H18N2O4. The second kappa shape index (κ2) is 6.28. The molecule has 6 heteroatoms. The summed E-state index contributed by atoms with van der Waals surface area (Å²) in [6, 6.07) is 7.53. The van der Waals surface area contributed by atoms with E-state index in [-0.39, 0.29) is 17.4 Å². The summed E-state index contributed by atoms with van der Waals surface area (Å²) < 4.78 is 16.1. The van der Waals surface area contributed by atoms with Gasteiger partial charge in [-0.05, 0) is 36.1 Å². The monoisotopic (exact) mass is 326 g/mol. The van der Waals surface area contributed by atoms with E-state index in [9.17, 15) is 10.1 Å².